The zero-order valence-corrected chi connectivity index (χ0v) is 11.6. The number of aromatic nitrogens is 2. The molecule has 0 aliphatic heterocycles. The van der Waals surface area contributed by atoms with Crippen molar-refractivity contribution in [1.82, 2.24) is 19.8 Å². The second-order valence-corrected chi connectivity index (χ2v) is 4.33. The third-order valence-electron chi connectivity index (χ3n) is 2.48. The normalized spacial score (nSPS) is 10.1. The van der Waals surface area contributed by atoms with Gasteiger partial charge in [0.15, 0.2) is 5.82 Å². The van der Waals surface area contributed by atoms with Gasteiger partial charge in [0.1, 0.15) is 0 Å². The molecule has 2 N–H and O–H groups in total. The fourth-order valence-electron chi connectivity index (χ4n) is 1.49. The fourth-order valence-corrected chi connectivity index (χ4v) is 1.49. The maximum Gasteiger partial charge on any atom is 0.316 e. The summed E-state index contributed by atoms with van der Waals surface area (Å²) in [7, 11) is 3.34. The Morgan fingerprint density at radius 1 is 1.42 bits per heavy atom. The first-order valence-electron chi connectivity index (χ1n) is 6.30. The van der Waals surface area contributed by atoms with Crippen LogP contribution in [0.5, 0.6) is 0 Å². The predicted molar refractivity (Wildman–Crippen MR) is 74.4 cm³/mol. The van der Waals surface area contributed by atoms with E-state index in [1.165, 1.54) is 4.90 Å². The van der Waals surface area contributed by atoms with E-state index in [0.29, 0.717) is 25.5 Å². The molecule has 0 aliphatic carbocycles. The molecular weight excluding hydrogens is 246 g/mol. The van der Waals surface area contributed by atoms with Crippen molar-refractivity contribution in [2.24, 2.45) is 0 Å². The van der Waals surface area contributed by atoms with E-state index in [1.807, 2.05) is 6.92 Å². The second-order valence-electron chi connectivity index (χ2n) is 4.33. The maximum atomic E-state index is 11.9. The molecular formula is C12H21N5O2. The van der Waals surface area contributed by atoms with E-state index in [4.69, 9.17) is 0 Å². The first kappa shape index (κ1) is 15.0. The number of hydrogen-bond acceptors (Lipinski definition) is 4. The van der Waals surface area contributed by atoms with Crippen molar-refractivity contribution in [2.45, 2.75) is 19.9 Å². The minimum Gasteiger partial charge on any atom is -0.364 e. The molecule has 1 rings (SSSR count). The lowest BCUT2D eigenvalue weighted by Gasteiger charge is -2.12. The van der Waals surface area contributed by atoms with Crippen LogP contribution in [-0.2, 0) is 6.54 Å². The predicted octanol–water partition coefficient (Wildman–Crippen LogP) is 0.336. The number of carbonyl (C=O) groups excluding carboxylic acids is 1. The van der Waals surface area contributed by atoms with Gasteiger partial charge in [-0.05, 0) is 6.42 Å². The highest BCUT2D eigenvalue weighted by molar-refractivity contribution is 5.73. The van der Waals surface area contributed by atoms with Crippen LogP contribution in [0.3, 0.4) is 0 Å². The van der Waals surface area contributed by atoms with Gasteiger partial charge in [0.2, 0.25) is 0 Å². The molecule has 0 unspecified atom stereocenters. The largest absolute Gasteiger partial charge is 0.364 e. The van der Waals surface area contributed by atoms with Crippen LogP contribution in [0.2, 0.25) is 0 Å². The highest BCUT2D eigenvalue weighted by atomic mass is 16.2. The van der Waals surface area contributed by atoms with Crippen LogP contribution in [0.15, 0.2) is 17.2 Å². The Morgan fingerprint density at radius 2 is 2.16 bits per heavy atom. The first-order chi connectivity index (χ1) is 9.06. The van der Waals surface area contributed by atoms with Gasteiger partial charge in [-0.3, -0.25) is 4.79 Å². The fraction of sp³-hybridized carbons (Fsp3) is 0.583. The Bertz CT molecular complexity index is 469. The van der Waals surface area contributed by atoms with Crippen molar-refractivity contribution < 1.29 is 4.79 Å². The monoisotopic (exact) mass is 267 g/mol. The smallest absolute Gasteiger partial charge is 0.316 e. The van der Waals surface area contributed by atoms with Crippen molar-refractivity contribution in [3.05, 3.63) is 22.7 Å². The number of carbonyl (C=O) groups is 1. The third kappa shape index (κ3) is 4.61. The quantitative estimate of drug-likeness (QED) is 0.728. The summed E-state index contributed by atoms with van der Waals surface area (Å²) in [5.74, 6) is 0.315. The molecule has 1 heterocycles. The highest BCUT2D eigenvalue weighted by Gasteiger charge is 2.04. The number of hydrogen-bond donors (Lipinski definition) is 2. The van der Waals surface area contributed by atoms with E-state index in [2.05, 4.69) is 15.6 Å². The summed E-state index contributed by atoms with van der Waals surface area (Å²) in [5, 5.41) is 5.63. The van der Waals surface area contributed by atoms with Crippen LogP contribution < -0.4 is 16.2 Å². The standard InChI is InChI=1S/C12H21N5O2/c1-4-8-17-9-7-14-10(11(17)18)13-5-6-15-12(19)16(2)3/h7,9H,4-6,8H2,1-3H3,(H,13,14)(H,15,19). The molecule has 0 fully saturated rings. The van der Waals surface area contributed by atoms with Gasteiger partial charge in [-0.15, -0.1) is 0 Å². The molecule has 0 aromatic carbocycles. The van der Waals surface area contributed by atoms with Crippen molar-refractivity contribution in [1.29, 1.82) is 0 Å². The number of rotatable bonds is 6. The Morgan fingerprint density at radius 3 is 2.79 bits per heavy atom. The van der Waals surface area contributed by atoms with E-state index >= 15 is 0 Å². The van der Waals surface area contributed by atoms with E-state index in [-0.39, 0.29) is 11.6 Å². The molecule has 2 amide bonds. The van der Waals surface area contributed by atoms with Crippen LogP contribution in [0.25, 0.3) is 0 Å². The van der Waals surface area contributed by atoms with Gasteiger partial charge in [-0.1, -0.05) is 6.92 Å². The summed E-state index contributed by atoms with van der Waals surface area (Å²) in [4.78, 5) is 28.7. The van der Waals surface area contributed by atoms with Gasteiger partial charge >= 0.3 is 6.03 Å². The number of aryl methyl sites for hydroxylation is 1. The molecule has 0 atom stereocenters. The average molecular weight is 267 g/mol. The number of urea groups is 1. The molecule has 7 nitrogen and oxygen atoms in total. The lowest BCUT2D eigenvalue weighted by molar-refractivity contribution is 0.218. The summed E-state index contributed by atoms with van der Waals surface area (Å²) >= 11 is 0. The van der Waals surface area contributed by atoms with Crippen LogP contribution in [0.4, 0.5) is 10.6 Å². The lowest BCUT2D eigenvalue weighted by Crippen LogP contribution is -2.37. The van der Waals surface area contributed by atoms with Gasteiger partial charge in [-0.25, -0.2) is 9.78 Å². The second kappa shape index (κ2) is 7.40. The average Bonchev–Trinajstić information content (AvgIpc) is 2.38. The molecule has 106 valence electrons. The molecule has 1 aromatic rings. The van der Waals surface area contributed by atoms with Gasteiger partial charge < -0.3 is 20.1 Å². The SMILES string of the molecule is CCCn1ccnc(NCCNC(=O)N(C)C)c1=O. The number of amides is 2. The summed E-state index contributed by atoms with van der Waals surface area (Å²) in [6.45, 7) is 3.57. The molecule has 7 heteroatoms. The van der Waals surface area contributed by atoms with Gasteiger partial charge in [0, 0.05) is 46.1 Å². The molecule has 0 aliphatic rings. The number of nitrogens with one attached hydrogen (secondary N) is 2. The molecule has 0 spiro atoms. The van der Waals surface area contributed by atoms with E-state index < -0.39 is 0 Å². The van der Waals surface area contributed by atoms with Crippen molar-refractivity contribution >= 4 is 11.8 Å². The van der Waals surface area contributed by atoms with Crippen LogP contribution >= 0.6 is 0 Å². The number of anilines is 1. The topological polar surface area (TPSA) is 79.3 Å². The Hall–Kier alpha value is -2.05. The summed E-state index contributed by atoms with van der Waals surface area (Å²) in [5.41, 5.74) is -0.136. The van der Waals surface area contributed by atoms with Gasteiger partial charge in [-0.2, -0.15) is 0 Å². The van der Waals surface area contributed by atoms with Gasteiger partial charge in [0.05, 0.1) is 0 Å². The molecule has 1 aromatic heterocycles. The zero-order valence-electron chi connectivity index (χ0n) is 11.6. The molecule has 0 bridgehead atoms. The minimum atomic E-state index is -0.161. The van der Waals surface area contributed by atoms with Crippen molar-refractivity contribution in [2.75, 3.05) is 32.5 Å². The summed E-state index contributed by atoms with van der Waals surface area (Å²) in [6.07, 6.45) is 4.16. The van der Waals surface area contributed by atoms with E-state index in [9.17, 15) is 9.59 Å². The highest BCUT2D eigenvalue weighted by Crippen LogP contribution is 1.93. The van der Waals surface area contributed by atoms with E-state index in [0.717, 1.165) is 6.42 Å². The molecule has 0 saturated carbocycles. The van der Waals surface area contributed by atoms with Crippen molar-refractivity contribution in [3.8, 4) is 0 Å². The van der Waals surface area contributed by atoms with Crippen molar-refractivity contribution in [3.63, 3.8) is 0 Å². The van der Waals surface area contributed by atoms with E-state index in [1.54, 1.807) is 31.1 Å². The third-order valence-corrected chi connectivity index (χ3v) is 2.48. The Kier molecular flexibility index (Phi) is 5.84. The minimum absolute atomic E-state index is 0.136. The number of nitrogens with zero attached hydrogens (tertiary/aromatic N) is 3. The summed E-state index contributed by atoms with van der Waals surface area (Å²) < 4.78 is 1.62. The van der Waals surface area contributed by atoms with Gasteiger partial charge in [0.25, 0.3) is 5.56 Å². The molecule has 0 radical (unpaired) electrons. The van der Waals surface area contributed by atoms with Crippen LogP contribution in [0, 0.1) is 0 Å². The molecule has 19 heavy (non-hydrogen) atoms. The maximum absolute atomic E-state index is 11.9. The first-order valence-corrected chi connectivity index (χ1v) is 6.30. The van der Waals surface area contributed by atoms with Crippen LogP contribution in [0.1, 0.15) is 13.3 Å². The lowest BCUT2D eigenvalue weighted by atomic mass is 10.4. The summed E-state index contributed by atoms with van der Waals surface area (Å²) in [6, 6.07) is -0.161. The Balaban J connectivity index is 2.48. The molecule has 0 saturated heterocycles. The Labute approximate surface area is 112 Å². The zero-order chi connectivity index (χ0) is 14.3. The van der Waals surface area contributed by atoms with Crippen LogP contribution in [-0.4, -0.2) is 47.7 Å².